The van der Waals surface area contributed by atoms with Crippen LogP contribution in [0.3, 0.4) is 0 Å². The molecule has 20 heavy (non-hydrogen) atoms. The fourth-order valence-electron chi connectivity index (χ4n) is 2.11. The normalized spacial score (nSPS) is 16.6. The van der Waals surface area contributed by atoms with Gasteiger partial charge >= 0.3 is 6.18 Å². The Balaban J connectivity index is 2.18. The van der Waals surface area contributed by atoms with Crippen molar-refractivity contribution in [2.45, 2.75) is 37.2 Å². The Kier molecular flexibility index (Phi) is 4.22. The summed E-state index contributed by atoms with van der Waals surface area (Å²) in [6.07, 6.45) is -5.06. The first-order valence-electron chi connectivity index (χ1n) is 6.09. The highest BCUT2D eigenvalue weighted by molar-refractivity contribution is 6.20. The number of aryl methyl sites for hydroxylation is 1. The van der Waals surface area contributed by atoms with Crippen LogP contribution in [-0.2, 0) is 11.2 Å². The van der Waals surface area contributed by atoms with E-state index >= 15 is 0 Å². The molecule has 2 nitrogen and oxygen atoms in total. The smallest absolute Gasteiger partial charge is 0.326 e. The average molecular weight is 310 g/mol. The number of alkyl halides is 4. The van der Waals surface area contributed by atoms with E-state index in [2.05, 4.69) is 5.32 Å². The molecule has 0 fully saturated rings. The van der Waals surface area contributed by atoms with Crippen LogP contribution in [0, 0.1) is 5.82 Å². The van der Waals surface area contributed by atoms with Crippen LogP contribution in [0.15, 0.2) is 12.1 Å². The highest BCUT2D eigenvalue weighted by atomic mass is 35.5. The van der Waals surface area contributed by atoms with Gasteiger partial charge in [0, 0.05) is 24.1 Å². The number of benzene rings is 1. The van der Waals surface area contributed by atoms with Gasteiger partial charge in [-0.15, -0.1) is 11.6 Å². The number of hydrogen-bond donors (Lipinski definition) is 1. The Hall–Kier alpha value is -1.30. The predicted molar refractivity (Wildman–Crippen MR) is 67.2 cm³/mol. The summed E-state index contributed by atoms with van der Waals surface area (Å²) in [5, 5.41) is 1.48. The zero-order valence-electron chi connectivity index (χ0n) is 10.4. The first kappa shape index (κ1) is 15.1. The Labute approximate surface area is 118 Å². The lowest BCUT2D eigenvalue weighted by molar-refractivity contribution is -0.135. The summed E-state index contributed by atoms with van der Waals surface area (Å²) in [5.74, 6) is -0.905. The van der Waals surface area contributed by atoms with Crippen molar-refractivity contribution in [3.8, 4) is 0 Å². The van der Waals surface area contributed by atoms with Crippen LogP contribution in [0.4, 0.5) is 23.2 Å². The second-order valence-corrected chi connectivity index (χ2v) is 5.23. The standard InChI is InChI=1S/C13H12ClF4NO/c14-9(3-4-13(16,17)18)8-5-7-1-2-12(20)19-11(7)6-10(8)15/h5-6,9H,1-4H2,(H,19,20). The van der Waals surface area contributed by atoms with Crippen molar-refractivity contribution < 1.29 is 22.4 Å². The maximum Gasteiger partial charge on any atom is 0.389 e. The summed E-state index contributed by atoms with van der Waals surface area (Å²) in [7, 11) is 0. The molecule has 1 aromatic rings. The van der Waals surface area contributed by atoms with E-state index in [0.717, 1.165) is 6.07 Å². The number of carbonyl (C=O) groups is 1. The van der Waals surface area contributed by atoms with Crippen molar-refractivity contribution in [1.29, 1.82) is 0 Å². The number of rotatable bonds is 3. The van der Waals surface area contributed by atoms with Gasteiger partial charge in [0.15, 0.2) is 0 Å². The predicted octanol–water partition coefficient (Wildman–Crippen LogP) is 4.33. The summed E-state index contributed by atoms with van der Waals surface area (Å²) in [6, 6.07) is 2.56. The van der Waals surface area contributed by atoms with Gasteiger partial charge in [-0.25, -0.2) is 4.39 Å². The minimum absolute atomic E-state index is 0.0471. The second kappa shape index (κ2) is 5.60. The molecule has 0 spiro atoms. The molecule has 1 aromatic carbocycles. The van der Waals surface area contributed by atoms with Crippen molar-refractivity contribution in [1.82, 2.24) is 0 Å². The van der Waals surface area contributed by atoms with Gasteiger partial charge in [-0.3, -0.25) is 4.79 Å². The number of fused-ring (bicyclic) bond motifs is 1. The number of halogens is 5. The third-order valence-electron chi connectivity index (χ3n) is 3.14. The van der Waals surface area contributed by atoms with Crippen molar-refractivity contribution >= 4 is 23.2 Å². The van der Waals surface area contributed by atoms with Crippen LogP contribution in [0.25, 0.3) is 0 Å². The number of anilines is 1. The lowest BCUT2D eigenvalue weighted by atomic mass is 9.97. The lowest BCUT2D eigenvalue weighted by Crippen LogP contribution is -2.19. The van der Waals surface area contributed by atoms with Gasteiger partial charge in [-0.2, -0.15) is 13.2 Å². The molecular formula is C13H12ClF4NO. The second-order valence-electron chi connectivity index (χ2n) is 4.70. The van der Waals surface area contributed by atoms with E-state index in [1.807, 2.05) is 0 Å². The van der Waals surface area contributed by atoms with Gasteiger partial charge in [0.05, 0.1) is 5.38 Å². The first-order valence-corrected chi connectivity index (χ1v) is 6.53. The summed E-state index contributed by atoms with van der Waals surface area (Å²) < 4.78 is 50.3. The van der Waals surface area contributed by atoms with Crippen LogP contribution in [0.1, 0.15) is 35.8 Å². The van der Waals surface area contributed by atoms with Crippen LogP contribution >= 0.6 is 11.6 Å². The van der Waals surface area contributed by atoms with Crippen molar-refractivity contribution in [3.05, 3.63) is 29.1 Å². The number of hydrogen-bond acceptors (Lipinski definition) is 1. The molecule has 0 aliphatic carbocycles. The number of nitrogens with one attached hydrogen (secondary N) is 1. The molecule has 1 aliphatic rings. The minimum atomic E-state index is -4.31. The highest BCUT2D eigenvalue weighted by Crippen LogP contribution is 2.35. The molecule has 110 valence electrons. The molecule has 0 saturated carbocycles. The molecule has 1 aliphatic heterocycles. The summed E-state index contributed by atoms with van der Waals surface area (Å²) >= 11 is 5.86. The van der Waals surface area contributed by atoms with Crippen LogP contribution in [-0.4, -0.2) is 12.1 Å². The van der Waals surface area contributed by atoms with E-state index in [-0.39, 0.29) is 24.3 Å². The van der Waals surface area contributed by atoms with E-state index in [1.54, 1.807) is 0 Å². The maximum absolute atomic E-state index is 13.9. The molecule has 1 N–H and O–H groups in total. The van der Waals surface area contributed by atoms with Crippen LogP contribution < -0.4 is 5.32 Å². The highest BCUT2D eigenvalue weighted by Gasteiger charge is 2.29. The topological polar surface area (TPSA) is 29.1 Å². The SMILES string of the molecule is O=C1CCc2cc(C(Cl)CCC(F)(F)F)c(F)cc2N1. The van der Waals surface area contributed by atoms with Gasteiger partial charge in [0.2, 0.25) is 5.91 Å². The molecule has 0 bridgehead atoms. The molecule has 1 heterocycles. The van der Waals surface area contributed by atoms with Crippen LogP contribution in [0.2, 0.25) is 0 Å². The van der Waals surface area contributed by atoms with Gasteiger partial charge in [-0.1, -0.05) is 0 Å². The van der Waals surface area contributed by atoms with Gasteiger partial charge in [0.1, 0.15) is 5.82 Å². The monoisotopic (exact) mass is 309 g/mol. The van der Waals surface area contributed by atoms with Gasteiger partial charge in [-0.05, 0) is 30.5 Å². The average Bonchev–Trinajstić information content (AvgIpc) is 2.34. The Morgan fingerprint density at radius 3 is 2.65 bits per heavy atom. The summed E-state index contributed by atoms with van der Waals surface area (Å²) in [4.78, 5) is 11.2. The van der Waals surface area contributed by atoms with E-state index in [4.69, 9.17) is 11.6 Å². The molecule has 1 amide bonds. The molecule has 0 saturated heterocycles. The molecule has 2 rings (SSSR count). The molecule has 1 atom stereocenters. The van der Waals surface area contributed by atoms with E-state index in [0.29, 0.717) is 17.7 Å². The molecular weight excluding hydrogens is 298 g/mol. The van der Waals surface area contributed by atoms with E-state index < -0.39 is 23.8 Å². The molecule has 0 radical (unpaired) electrons. The van der Waals surface area contributed by atoms with Crippen molar-refractivity contribution in [2.24, 2.45) is 0 Å². The molecule has 1 unspecified atom stereocenters. The molecule has 7 heteroatoms. The summed E-state index contributed by atoms with van der Waals surface area (Å²) in [5.41, 5.74) is 1.10. The quantitative estimate of drug-likeness (QED) is 0.653. The van der Waals surface area contributed by atoms with Crippen molar-refractivity contribution in [3.63, 3.8) is 0 Å². The molecule has 0 aromatic heterocycles. The third kappa shape index (κ3) is 3.62. The summed E-state index contributed by atoms with van der Waals surface area (Å²) in [6.45, 7) is 0. The Morgan fingerprint density at radius 1 is 1.30 bits per heavy atom. The Morgan fingerprint density at radius 2 is 2.00 bits per heavy atom. The fraction of sp³-hybridized carbons (Fsp3) is 0.462. The van der Waals surface area contributed by atoms with Crippen molar-refractivity contribution in [2.75, 3.05) is 5.32 Å². The van der Waals surface area contributed by atoms with Gasteiger partial charge < -0.3 is 5.32 Å². The van der Waals surface area contributed by atoms with E-state index in [9.17, 15) is 22.4 Å². The first-order chi connectivity index (χ1) is 9.26. The fourth-order valence-corrected chi connectivity index (χ4v) is 2.38. The maximum atomic E-state index is 13.9. The minimum Gasteiger partial charge on any atom is -0.326 e. The third-order valence-corrected chi connectivity index (χ3v) is 3.59. The zero-order valence-corrected chi connectivity index (χ0v) is 11.1. The zero-order chi connectivity index (χ0) is 14.9. The van der Waals surface area contributed by atoms with Crippen LogP contribution in [0.5, 0.6) is 0 Å². The number of carbonyl (C=O) groups excluding carboxylic acids is 1. The Bertz CT molecular complexity index is 530. The largest absolute Gasteiger partial charge is 0.389 e. The van der Waals surface area contributed by atoms with E-state index in [1.165, 1.54) is 6.07 Å². The van der Waals surface area contributed by atoms with Gasteiger partial charge in [0.25, 0.3) is 0 Å². The number of amides is 1. The lowest BCUT2D eigenvalue weighted by Gasteiger charge is -2.20.